The third-order valence-corrected chi connectivity index (χ3v) is 23.5. The first-order valence-electron chi connectivity index (χ1n) is 47.8. The number of nitrogens with zero attached hydrogens (tertiary/aromatic N) is 12. The van der Waals surface area contributed by atoms with Crippen molar-refractivity contribution in [3.05, 3.63) is 197 Å². The number of piperidine rings is 5. The Balaban J connectivity index is 0.000000176. The third kappa shape index (κ3) is 33.3. The number of hydrogen-bond donors (Lipinski definition) is 13. The average molecular weight is 1980 g/mol. The number of ether oxygens (including phenoxy) is 4. The first-order chi connectivity index (χ1) is 67.7. The van der Waals surface area contributed by atoms with Crippen molar-refractivity contribution >= 4 is 137 Å². The summed E-state index contributed by atoms with van der Waals surface area (Å²) >= 11 is 6.15. The first-order valence-corrected chi connectivity index (χ1v) is 48.1. The van der Waals surface area contributed by atoms with Gasteiger partial charge in [0.1, 0.15) is 92.2 Å². The number of carbonyl (C=O) groups is 8. The number of nitrogens with one attached hydrogen (secondary N) is 10. The van der Waals surface area contributed by atoms with E-state index in [1.807, 2.05) is 111 Å². The van der Waals surface area contributed by atoms with Crippen LogP contribution in [0.1, 0.15) is 237 Å². The lowest BCUT2D eigenvalue weighted by Crippen LogP contribution is -2.45. The summed E-state index contributed by atoms with van der Waals surface area (Å²) in [7, 11) is 0. The van der Waals surface area contributed by atoms with Crippen LogP contribution < -0.4 is 32.3 Å². The molecule has 0 radical (unpaired) electrons. The van der Waals surface area contributed by atoms with Gasteiger partial charge in [-0.2, -0.15) is 15.8 Å². The smallest absolute Gasteiger partial charge is 0.342 e. The number of nitriles is 3. The summed E-state index contributed by atoms with van der Waals surface area (Å²) in [5.74, 6) is -4.08. The zero-order chi connectivity index (χ0) is 102. The van der Waals surface area contributed by atoms with Gasteiger partial charge in [0.25, 0.3) is 0 Å². The number of H-pyrrole nitrogens is 5. The molecule has 2 aromatic carbocycles. The van der Waals surface area contributed by atoms with Crippen LogP contribution in [0.5, 0.6) is 0 Å². The van der Waals surface area contributed by atoms with Crippen LogP contribution in [-0.2, 0) is 46.4 Å². The van der Waals surface area contributed by atoms with Gasteiger partial charge >= 0.3 is 35.8 Å². The summed E-state index contributed by atoms with van der Waals surface area (Å²) in [4.78, 5) is 140. The van der Waals surface area contributed by atoms with Crippen molar-refractivity contribution in [2.75, 3.05) is 86.7 Å². The van der Waals surface area contributed by atoms with E-state index < -0.39 is 52.7 Å². The zero-order valence-electron chi connectivity index (χ0n) is 82.6. The van der Waals surface area contributed by atoms with E-state index in [0.717, 1.165) is 141 Å². The summed E-state index contributed by atoms with van der Waals surface area (Å²) in [5.41, 5.74) is 14.3. The van der Waals surface area contributed by atoms with Gasteiger partial charge in [0.2, 0.25) is 11.8 Å². The number of aromatic nitrogens is 10. The van der Waals surface area contributed by atoms with E-state index in [1.165, 1.54) is 55.2 Å². The lowest BCUT2D eigenvalue weighted by molar-refractivity contribution is -0.136. The highest BCUT2D eigenvalue weighted by Gasteiger charge is 2.34. The number of carbonyl (C=O) groups excluding carboxylic acids is 6. The molecule has 2 amide bonds. The van der Waals surface area contributed by atoms with Crippen LogP contribution in [-0.4, -0.2) is 245 Å². The molecule has 5 saturated heterocycles. The van der Waals surface area contributed by atoms with Crippen molar-refractivity contribution in [3.8, 4) is 18.2 Å². The number of carboxylic acids is 2. The van der Waals surface area contributed by atoms with E-state index in [2.05, 4.69) is 141 Å². The van der Waals surface area contributed by atoms with E-state index in [1.54, 1.807) is 73.7 Å². The molecule has 0 bridgehead atoms. The number of halogens is 1. The lowest BCUT2D eigenvalue weighted by Gasteiger charge is -2.34. The largest absolute Gasteiger partial charge is 0.480 e. The van der Waals surface area contributed by atoms with Crippen molar-refractivity contribution in [2.24, 2.45) is 5.73 Å². The van der Waals surface area contributed by atoms with Crippen molar-refractivity contribution in [3.63, 3.8) is 0 Å². The molecular formula is C105H134ClN23O14. The number of pyridine rings is 5. The molecular weight excluding hydrogens is 1840 g/mol. The second-order valence-corrected chi connectivity index (χ2v) is 39.6. The average Bonchev–Trinajstić information content (AvgIpc) is 1.70. The maximum absolute atomic E-state index is 12.9. The Labute approximate surface area is 837 Å². The van der Waals surface area contributed by atoms with Crippen molar-refractivity contribution in [1.82, 2.24) is 74.8 Å². The molecule has 5 aliphatic heterocycles. The predicted octanol–water partition coefficient (Wildman–Crippen LogP) is 17.1. The number of anilines is 4. The number of fused-ring (bicyclic) bond motifs is 5. The number of likely N-dealkylation sites (tertiary alicyclic amines) is 4. The predicted molar refractivity (Wildman–Crippen MR) is 551 cm³/mol. The van der Waals surface area contributed by atoms with Gasteiger partial charge in [-0.3, -0.25) is 24.2 Å². The fourth-order valence-corrected chi connectivity index (χ4v) is 17.1. The Morgan fingerprint density at radius 3 is 1.07 bits per heavy atom. The molecule has 5 fully saturated rings. The van der Waals surface area contributed by atoms with Crippen LogP contribution >= 0.6 is 11.6 Å². The van der Waals surface area contributed by atoms with Gasteiger partial charge in [0.05, 0.1) is 51.5 Å². The molecule has 38 heteroatoms. The van der Waals surface area contributed by atoms with E-state index in [4.69, 9.17) is 57.2 Å². The van der Waals surface area contributed by atoms with Crippen molar-refractivity contribution in [1.29, 1.82) is 15.8 Å². The number of aromatic amines is 5. The second kappa shape index (κ2) is 51.7. The monoisotopic (exact) mass is 1980 g/mol. The second-order valence-electron chi connectivity index (χ2n) is 39.2. The summed E-state index contributed by atoms with van der Waals surface area (Å²) in [5, 5.41) is 63.8. The van der Waals surface area contributed by atoms with Gasteiger partial charge in [0.15, 0.2) is 0 Å². The molecule has 0 saturated carbocycles. The van der Waals surface area contributed by atoms with Gasteiger partial charge in [0, 0.05) is 178 Å². The van der Waals surface area contributed by atoms with E-state index in [9.17, 15) is 43.5 Å². The summed E-state index contributed by atoms with van der Waals surface area (Å²) in [6.45, 7) is 32.5. The van der Waals surface area contributed by atoms with Crippen LogP contribution in [0.2, 0.25) is 5.02 Å². The number of aromatic carboxylic acids is 1. The molecule has 12 aromatic rings. The van der Waals surface area contributed by atoms with Crippen molar-refractivity contribution in [2.45, 2.75) is 240 Å². The number of nitrogens with two attached hydrogens (primary N) is 1. The molecule has 5 aliphatic rings. The normalized spacial score (nSPS) is 17.0. The molecule has 15 heterocycles. The number of carboxylic acid groups (broad SMARTS) is 2. The topological polar surface area (TPSA) is 528 Å². The quantitative estimate of drug-likeness (QED) is 0.0249. The van der Waals surface area contributed by atoms with Crippen molar-refractivity contribution < 1.29 is 67.5 Å². The Morgan fingerprint density at radius 1 is 0.413 bits per heavy atom. The summed E-state index contributed by atoms with van der Waals surface area (Å²) < 4.78 is 22.0. The maximum Gasteiger partial charge on any atom is 0.342 e. The number of hydrogen-bond acceptors (Lipinski definition) is 28. The molecule has 10 aromatic heterocycles. The third-order valence-electron chi connectivity index (χ3n) is 23.0. The van der Waals surface area contributed by atoms with E-state index >= 15 is 0 Å². The Morgan fingerprint density at radius 2 is 0.727 bits per heavy atom. The Hall–Kier alpha value is -14.6. The maximum atomic E-state index is 12.9. The number of rotatable bonds is 20. The summed E-state index contributed by atoms with van der Waals surface area (Å²) in [6, 6.07) is 36.6. The number of aliphatic carboxylic acids is 1. The van der Waals surface area contributed by atoms with E-state index in [-0.39, 0.29) is 73.3 Å². The van der Waals surface area contributed by atoms with Crippen LogP contribution in [0.3, 0.4) is 0 Å². The molecule has 14 N–H and O–H groups in total. The summed E-state index contributed by atoms with van der Waals surface area (Å²) in [6.07, 6.45) is 25.8. The van der Waals surface area contributed by atoms with Crippen LogP contribution in [0.4, 0.5) is 22.7 Å². The SMILES string of the molecule is C.CC(C)(C)OC(=O)c1cnc2[nH]ccc2c1Cl.CC(C)(C)OC(=O)c1cnc2[nH]ccc2c1N[C@@H]1CCCN(C(=O)CC#N)C1.CC(C)(C)OC(=O)c1cnc2[nH]ccc2c1N[C@@H]1CCCN(Cc2ccccc2)C1.CC(C)(C)OC(=O)c1cnc2[nH]ccc2c1N[C@@H]1CCCNC1.N#CCC(=O)N1CCC[C@@H](Nc2c(C(=O)O)cnc3[nH]ccc23)C1.N#CCC(=O)O.N[C@@H]1CCCN(Cc2ccccc2)C1. The number of esters is 4. The van der Waals surface area contributed by atoms with Gasteiger partial charge in [-0.15, -0.1) is 0 Å². The molecule has 0 spiro atoms. The minimum absolute atomic E-state index is 0. The number of amides is 2. The van der Waals surface area contributed by atoms with Gasteiger partial charge in [-0.05, 0) is 208 Å². The fourth-order valence-electron chi connectivity index (χ4n) is 16.8. The molecule has 17 rings (SSSR count). The highest BCUT2D eigenvalue weighted by Crippen LogP contribution is 2.36. The van der Waals surface area contributed by atoms with Gasteiger partial charge in [-0.25, -0.2) is 48.9 Å². The molecule has 0 aliphatic carbocycles. The van der Waals surface area contributed by atoms with Crippen LogP contribution in [0, 0.1) is 34.0 Å². The highest BCUT2D eigenvalue weighted by atomic mass is 35.5. The Bertz CT molecular complexity index is 6420. The molecule has 5 atom stereocenters. The zero-order valence-corrected chi connectivity index (χ0v) is 83.4. The van der Waals surface area contributed by atoms with Crippen LogP contribution in [0.15, 0.2) is 153 Å². The Kier molecular flexibility index (Phi) is 40.0. The molecule has 37 nitrogen and oxygen atoms in total. The first kappa shape index (κ1) is 110. The fraction of sp³-hybridized carbons (Fsp3) is 0.448. The van der Waals surface area contributed by atoms with Crippen LogP contribution in [0.25, 0.3) is 55.2 Å². The molecule has 143 heavy (non-hydrogen) atoms. The van der Waals surface area contributed by atoms with Gasteiger partial charge < -0.3 is 96.2 Å². The van der Waals surface area contributed by atoms with E-state index in [0.29, 0.717) is 93.7 Å². The number of benzene rings is 2. The van der Waals surface area contributed by atoms with Gasteiger partial charge in [-0.1, -0.05) is 79.7 Å². The highest BCUT2D eigenvalue weighted by molar-refractivity contribution is 6.38. The molecule has 0 unspecified atom stereocenters. The standard InChI is InChI=1S/C24H30N4O2.C20H25N5O3.C17H24N4O2.C16H17N5O3.C12H13ClN2O2.C12H18N2.C3H3NO2.CH4/c1-24(2,3)30-23(29)20-14-26-22-19(11-12-25-22)21(20)27-18-10-7-13-28(16-18)15-17-8-5-4-6-9-17;1-20(2,3)28-19(27)15-11-23-18-14(7-9-22-18)17(15)24-13-5-4-10-25(12-13)16(26)6-8-21;1-17(2,3)23-16(22)13-10-20-15-12(6-8-19-15)14(13)21-11-5-4-7-18-9-11;17-5-3-13(22)21-7-1-2-10(9-21)20-14-11-4-6-18-15(11)19-8-12(14)16(23)24;1-12(2,3)17-11(16)8-6-15-10-7(9(8)13)4-5-14-10;13-12-7-4-8-14(10-12)9-11-5-2-1-3-6-11;4-2-1-3(5)6;/h4-6,8-9,11-12,14,18H,7,10,13,15-16H2,1-3H3,(H2,25,26,27);7,9,11,13H,4-6,10,12H2,1-3H3,(H2,22,23,24);6,8,10-11,18H,4-5,7,9H2,1-3H3,(H2,19,20,21);4,6,8,10H,1-3,7,9H2,(H,23,24)(H2,18,19,20);4-6H,1-3H3,(H,14,15);1-3,5-6,12H,4,7-10,13H2;1H2,(H,5,6);1H4/t18-;13-;11-;10-;;12-;;/m1111.1../s1. The molecule has 760 valence electrons. The minimum Gasteiger partial charge on any atom is -0.480 e. The minimum atomic E-state index is -1.07. The lowest BCUT2D eigenvalue weighted by atomic mass is 10.0.